The third-order valence-electron chi connectivity index (χ3n) is 2.23. The number of hydrogen-bond donors (Lipinski definition) is 7. The number of hydrogen-bond acceptors (Lipinski definition) is 7. The maximum atomic E-state index is 10.4. The number of phosphoric acid groups is 1. The van der Waals surface area contributed by atoms with Gasteiger partial charge in [0, 0.05) is 0 Å². The van der Waals surface area contributed by atoms with Gasteiger partial charge in [0.15, 0.2) is 0 Å². The highest BCUT2D eigenvalue weighted by atomic mass is 31.2. The zero-order valence-corrected chi connectivity index (χ0v) is 10.8. The van der Waals surface area contributed by atoms with E-state index in [2.05, 4.69) is 9.84 Å². The van der Waals surface area contributed by atoms with Gasteiger partial charge in [-0.15, -0.1) is 0 Å². The van der Waals surface area contributed by atoms with Crippen molar-refractivity contribution in [3.05, 3.63) is 0 Å². The summed E-state index contributed by atoms with van der Waals surface area (Å²) in [6, 6.07) is -0.866. The van der Waals surface area contributed by atoms with E-state index in [1.54, 1.807) is 6.92 Å². The second-order valence-electron chi connectivity index (χ2n) is 3.68. The Bertz CT molecular complexity index is 272. The lowest BCUT2D eigenvalue weighted by Crippen LogP contribution is -2.52. The SMILES string of the molecule is CCN[C@@H](CO)[C@@H](O)[C@H](O)[C@H](O)COP(=O)(O)O. The fourth-order valence-electron chi connectivity index (χ4n) is 1.29. The molecule has 0 aromatic rings. The van der Waals surface area contributed by atoms with Crippen LogP contribution in [0.3, 0.4) is 0 Å². The molecule has 0 unspecified atom stereocenters. The Hall–Kier alpha value is -0.0900. The molecule has 9 nitrogen and oxygen atoms in total. The predicted molar refractivity (Wildman–Crippen MR) is 60.6 cm³/mol. The van der Waals surface area contributed by atoms with Gasteiger partial charge < -0.3 is 35.5 Å². The number of phosphoric ester groups is 1. The van der Waals surface area contributed by atoms with E-state index in [9.17, 15) is 19.9 Å². The van der Waals surface area contributed by atoms with Crippen molar-refractivity contribution in [1.82, 2.24) is 5.32 Å². The third kappa shape index (κ3) is 6.74. The van der Waals surface area contributed by atoms with Crippen LogP contribution in [0.4, 0.5) is 0 Å². The summed E-state index contributed by atoms with van der Waals surface area (Å²) in [4.78, 5) is 16.8. The summed E-state index contributed by atoms with van der Waals surface area (Å²) >= 11 is 0. The largest absolute Gasteiger partial charge is 0.469 e. The van der Waals surface area contributed by atoms with E-state index >= 15 is 0 Å². The zero-order chi connectivity index (χ0) is 14.3. The van der Waals surface area contributed by atoms with Gasteiger partial charge in [-0.3, -0.25) is 4.52 Å². The van der Waals surface area contributed by atoms with E-state index in [0.717, 1.165) is 0 Å². The minimum Gasteiger partial charge on any atom is -0.395 e. The molecule has 110 valence electrons. The average molecular weight is 289 g/mol. The second-order valence-corrected chi connectivity index (χ2v) is 4.92. The molecule has 0 spiro atoms. The van der Waals surface area contributed by atoms with Crippen LogP contribution in [0.5, 0.6) is 0 Å². The van der Waals surface area contributed by atoms with E-state index in [4.69, 9.17) is 14.9 Å². The molecule has 0 amide bonds. The van der Waals surface area contributed by atoms with Crippen molar-refractivity contribution in [1.29, 1.82) is 0 Å². The summed E-state index contributed by atoms with van der Waals surface area (Å²) in [5, 5.41) is 40.2. The van der Waals surface area contributed by atoms with E-state index in [1.165, 1.54) is 0 Å². The molecule has 0 aromatic carbocycles. The van der Waals surface area contributed by atoms with Crippen molar-refractivity contribution < 1.29 is 39.3 Å². The van der Waals surface area contributed by atoms with E-state index < -0.39 is 45.4 Å². The Morgan fingerprint density at radius 3 is 2.17 bits per heavy atom. The summed E-state index contributed by atoms with van der Waals surface area (Å²) in [6.45, 7) is 0.823. The number of likely N-dealkylation sites (N-methyl/N-ethyl adjacent to an activating group) is 1. The Labute approximate surface area is 104 Å². The van der Waals surface area contributed by atoms with Crippen molar-refractivity contribution in [3.8, 4) is 0 Å². The van der Waals surface area contributed by atoms with Crippen LogP contribution in [0.1, 0.15) is 6.92 Å². The molecule has 0 bridgehead atoms. The number of rotatable bonds is 9. The highest BCUT2D eigenvalue weighted by molar-refractivity contribution is 7.46. The minimum absolute atomic E-state index is 0.421. The molecule has 0 rings (SSSR count). The Morgan fingerprint density at radius 2 is 1.78 bits per heavy atom. The van der Waals surface area contributed by atoms with Gasteiger partial charge in [0.25, 0.3) is 0 Å². The van der Waals surface area contributed by atoms with Crippen molar-refractivity contribution >= 4 is 7.82 Å². The molecule has 0 aliphatic heterocycles. The van der Waals surface area contributed by atoms with Gasteiger partial charge in [-0.25, -0.2) is 4.57 Å². The molecule has 0 saturated carbocycles. The van der Waals surface area contributed by atoms with Gasteiger partial charge in [0.05, 0.1) is 25.4 Å². The highest BCUT2D eigenvalue weighted by Gasteiger charge is 2.32. The first-order valence-electron chi connectivity index (χ1n) is 5.31. The summed E-state index contributed by atoms with van der Waals surface area (Å²) in [7, 11) is -4.75. The molecule has 10 heteroatoms. The molecule has 0 aromatic heterocycles. The maximum absolute atomic E-state index is 10.4. The molecule has 0 aliphatic carbocycles. The summed E-state index contributed by atoms with van der Waals surface area (Å²) in [5.74, 6) is 0. The molecular weight excluding hydrogens is 269 g/mol. The zero-order valence-electron chi connectivity index (χ0n) is 9.88. The molecule has 0 saturated heterocycles. The van der Waals surface area contributed by atoms with Crippen LogP contribution in [0, 0.1) is 0 Å². The van der Waals surface area contributed by atoms with Crippen LogP contribution < -0.4 is 5.32 Å². The number of aliphatic hydroxyl groups is 4. The van der Waals surface area contributed by atoms with Crippen molar-refractivity contribution in [2.45, 2.75) is 31.3 Å². The van der Waals surface area contributed by atoms with E-state index in [0.29, 0.717) is 6.54 Å². The van der Waals surface area contributed by atoms with Crippen LogP contribution in [-0.4, -0.2) is 74.3 Å². The molecular formula is C8H20NO8P. The molecule has 0 aliphatic rings. The lowest BCUT2D eigenvalue weighted by Gasteiger charge is -2.28. The first kappa shape index (κ1) is 17.9. The van der Waals surface area contributed by atoms with Crippen molar-refractivity contribution in [2.24, 2.45) is 0 Å². The van der Waals surface area contributed by atoms with Crippen molar-refractivity contribution in [2.75, 3.05) is 19.8 Å². The molecule has 18 heavy (non-hydrogen) atoms. The molecule has 0 heterocycles. The van der Waals surface area contributed by atoms with Gasteiger partial charge >= 0.3 is 7.82 Å². The predicted octanol–water partition coefficient (Wildman–Crippen LogP) is -2.85. The quantitative estimate of drug-likeness (QED) is 0.222. The summed E-state index contributed by atoms with van der Waals surface area (Å²) in [6.07, 6.45) is -4.92. The van der Waals surface area contributed by atoms with Crippen LogP contribution >= 0.6 is 7.82 Å². The van der Waals surface area contributed by atoms with Gasteiger partial charge in [-0.1, -0.05) is 6.92 Å². The lowest BCUT2D eigenvalue weighted by molar-refractivity contribution is -0.0905. The molecule has 4 atom stereocenters. The monoisotopic (exact) mass is 289 g/mol. The normalized spacial score (nSPS) is 19.3. The van der Waals surface area contributed by atoms with E-state index in [1.807, 2.05) is 0 Å². The highest BCUT2D eigenvalue weighted by Crippen LogP contribution is 2.35. The Kier molecular flexibility index (Phi) is 8.11. The fraction of sp³-hybridized carbons (Fsp3) is 1.00. The standard InChI is InChI=1S/C8H20NO8P/c1-2-9-5(3-10)7(12)8(13)6(11)4-17-18(14,15)16/h5-13H,2-4H2,1H3,(H2,14,15,16)/t5-,6+,7+,8+/m0/s1. The first-order valence-corrected chi connectivity index (χ1v) is 6.84. The first-order chi connectivity index (χ1) is 8.22. The minimum atomic E-state index is -4.75. The van der Waals surface area contributed by atoms with E-state index in [-0.39, 0.29) is 0 Å². The average Bonchev–Trinajstić information content (AvgIpc) is 2.30. The van der Waals surface area contributed by atoms with Crippen molar-refractivity contribution in [3.63, 3.8) is 0 Å². The van der Waals surface area contributed by atoms with Gasteiger partial charge in [-0.2, -0.15) is 0 Å². The number of nitrogens with one attached hydrogen (secondary N) is 1. The lowest BCUT2D eigenvalue weighted by atomic mass is 10.0. The van der Waals surface area contributed by atoms with Gasteiger partial charge in [-0.05, 0) is 6.54 Å². The van der Waals surface area contributed by atoms with Crippen LogP contribution in [0.25, 0.3) is 0 Å². The fourth-order valence-corrected chi connectivity index (χ4v) is 1.64. The molecule has 0 fully saturated rings. The maximum Gasteiger partial charge on any atom is 0.469 e. The third-order valence-corrected chi connectivity index (χ3v) is 2.72. The Morgan fingerprint density at radius 1 is 1.22 bits per heavy atom. The Balaban J connectivity index is 4.34. The van der Waals surface area contributed by atoms with Crippen LogP contribution in [0.2, 0.25) is 0 Å². The topological polar surface area (TPSA) is 160 Å². The number of aliphatic hydroxyl groups excluding tert-OH is 4. The van der Waals surface area contributed by atoms with Crippen LogP contribution in [0.15, 0.2) is 0 Å². The smallest absolute Gasteiger partial charge is 0.395 e. The van der Waals surface area contributed by atoms with Crippen LogP contribution in [-0.2, 0) is 9.09 Å². The molecule has 0 radical (unpaired) electrons. The second kappa shape index (κ2) is 8.16. The molecule has 7 N–H and O–H groups in total. The summed E-state index contributed by atoms with van der Waals surface area (Å²) < 4.78 is 14.4. The summed E-state index contributed by atoms with van der Waals surface area (Å²) in [5.41, 5.74) is 0. The van der Waals surface area contributed by atoms with Gasteiger partial charge in [0.1, 0.15) is 12.2 Å². The van der Waals surface area contributed by atoms with Gasteiger partial charge in [0.2, 0.25) is 0 Å².